The number of nitrogens with zero attached hydrogens (tertiary/aromatic N) is 3. The second-order valence-corrected chi connectivity index (χ2v) is 8.11. The van der Waals surface area contributed by atoms with Crippen LogP contribution in [0.3, 0.4) is 0 Å². The summed E-state index contributed by atoms with van der Waals surface area (Å²) >= 11 is 1.63. The Balaban J connectivity index is 1.56. The molecule has 1 unspecified atom stereocenters. The van der Waals surface area contributed by atoms with Crippen LogP contribution in [-0.2, 0) is 0 Å². The smallest absolute Gasteiger partial charge is 0.183 e. The summed E-state index contributed by atoms with van der Waals surface area (Å²) in [7, 11) is 0. The van der Waals surface area contributed by atoms with E-state index in [1.165, 1.54) is 18.9 Å². The van der Waals surface area contributed by atoms with Crippen molar-refractivity contribution in [2.45, 2.75) is 25.8 Å². The van der Waals surface area contributed by atoms with Crippen LogP contribution in [0.5, 0.6) is 0 Å². The van der Waals surface area contributed by atoms with Gasteiger partial charge in [-0.3, -0.25) is 0 Å². The minimum absolute atomic E-state index is 0.246. The van der Waals surface area contributed by atoms with Crippen molar-refractivity contribution in [3.05, 3.63) is 60.9 Å². The van der Waals surface area contributed by atoms with E-state index in [0.29, 0.717) is 11.6 Å². The molecule has 0 spiro atoms. The van der Waals surface area contributed by atoms with E-state index >= 15 is 0 Å². The molecule has 0 aliphatic heterocycles. The van der Waals surface area contributed by atoms with E-state index in [4.69, 9.17) is 0 Å². The Morgan fingerprint density at radius 2 is 2.07 bits per heavy atom. The topological polar surface area (TPSA) is 42.2 Å². The average Bonchev–Trinajstić information content (AvgIpc) is 3.24. The lowest BCUT2D eigenvalue weighted by molar-refractivity contribution is 0.631. The van der Waals surface area contributed by atoms with Crippen LogP contribution in [0.1, 0.15) is 19.8 Å². The molecule has 0 saturated heterocycles. The van der Waals surface area contributed by atoms with Crippen LogP contribution in [0, 0.1) is 11.7 Å². The lowest BCUT2D eigenvalue weighted by Crippen LogP contribution is -2.16. The van der Waals surface area contributed by atoms with Gasteiger partial charge in [0.1, 0.15) is 11.5 Å². The maximum atomic E-state index is 14.4. The van der Waals surface area contributed by atoms with Crippen LogP contribution in [0.25, 0.3) is 27.2 Å². The fraction of sp³-hybridized carbons (Fsp3) is 0.238. The Bertz CT molecular complexity index is 1110. The Kier molecular flexibility index (Phi) is 3.93. The van der Waals surface area contributed by atoms with Crippen molar-refractivity contribution < 1.29 is 4.39 Å². The Labute approximate surface area is 160 Å². The number of hydrogen-bond acceptors (Lipinski definition) is 4. The summed E-state index contributed by atoms with van der Waals surface area (Å²) in [5, 5.41) is 4.44. The van der Waals surface area contributed by atoms with Gasteiger partial charge in [-0.2, -0.15) is 0 Å². The first kappa shape index (κ1) is 16.4. The Morgan fingerprint density at radius 3 is 2.89 bits per heavy atom. The minimum atomic E-state index is -0.246. The van der Waals surface area contributed by atoms with Gasteiger partial charge >= 0.3 is 0 Å². The molecule has 3 heterocycles. The SMILES string of the molecule is CC(Nc1ncc(-c2cc(-c3ccccc3F)c3nccn3c2)s1)C1CC1. The largest absolute Gasteiger partial charge is 0.359 e. The molecule has 1 saturated carbocycles. The standard InChI is InChI=1S/C21H19FN4S/c1-13(14-6-7-14)25-21-24-11-19(27-21)15-10-17(16-4-2-3-5-18(16)22)20-23-8-9-26(20)12-15/h2-5,8-14H,6-7H2,1H3,(H,24,25). The molecule has 1 atom stereocenters. The number of rotatable bonds is 5. The fourth-order valence-electron chi connectivity index (χ4n) is 3.43. The molecular weight excluding hydrogens is 359 g/mol. The molecule has 136 valence electrons. The van der Waals surface area contributed by atoms with Gasteiger partial charge in [0.15, 0.2) is 5.13 Å². The van der Waals surface area contributed by atoms with Crippen molar-refractivity contribution in [1.82, 2.24) is 14.4 Å². The average molecular weight is 378 g/mol. The lowest BCUT2D eigenvalue weighted by atomic mass is 10.0. The van der Waals surface area contributed by atoms with Gasteiger partial charge in [-0.15, -0.1) is 0 Å². The quantitative estimate of drug-likeness (QED) is 0.500. The van der Waals surface area contributed by atoms with Gasteiger partial charge in [-0.05, 0) is 37.8 Å². The number of nitrogens with one attached hydrogen (secondary N) is 1. The number of halogens is 1. The molecule has 4 aromatic rings. The van der Waals surface area contributed by atoms with Crippen LogP contribution in [0.4, 0.5) is 9.52 Å². The number of imidazole rings is 1. The summed E-state index contributed by atoms with van der Waals surface area (Å²) in [5.74, 6) is 0.525. The maximum Gasteiger partial charge on any atom is 0.183 e. The van der Waals surface area contributed by atoms with Crippen LogP contribution in [0.15, 0.2) is 55.1 Å². The normalized spacial score (nSPS) is 15.2. The molecule has 5 rings (SSSR count). The third kappa shape index (κ3) is 3.10. The summed E-state index contributed by atoms with van der Waals surface area (Å²) in [6.07, 6.45) is 10.1. The van der Waals surface area contributed by atoms with Crippen molar-refractivity contribution in [3.63, 3.8) is 0 Å². The Hall–Kier alpha value is -2.73. The molecule has 1 aromatic carbocycles. The summed E-state index contributed by atoms with van der Waals surface area (Å²) in [6.45, 7) is 2.21. The molecule has 4 nitrogen and oxygen atoms in total. The van der Waals surface area contributed by atoms with E-state index in [1.807, 2.05) is 35.1 Å². The first-order valence-corrected chi connectivity index (χ1v) is 9.95. The molecule has 6 heteroatoms. The molecule has 0 amide bonds. The van der Waals surface area contributed by atoms with Crippen molar-refractivity contribution >= 4 is 22.1 Å². The van der Waals surface area contributed by atoms with Crippen molar-refractivity contribution in [1.29, 1.82) is 0 Å². The van der Waals surface area contributed by atoms with Gasteiger partial charge in [0.2, 0.25) is 0 Å². The fourth-order valence-corrected chi connectivity index (χ4v) is 4.32. The van der Waals surface area contributed by atoms with E-state index in [9.17, 15) is 4.39 Å². The molecule has 27 heavy (non-hydrogen) atoms. The van der Waals surface area contributed by atoms with Crippen LogP contribution >= 0.6 is 11.3 Å². The predicted molar refractivity (Wildman–Crippen MR) is 108 cm³/mol. The molecule has 1 aliphatic carbocycles. The van der Waals surface area contributed by atoms with Crippen molar-refractivity contribution in [2.75, 3.05) is 5.32 Å². The van der Waals surface area contributed by atoms with Gasteiger partial charge in [0, 0.05) is 47.5 Å². The zero-order valence-corrected chi connectivity index (χ0v) is 15.7. The summed E-state index contributed by atoms with van der Waals surface area (Å²) in [4.78, 5) is 10.0. The number of fused-ring (bicyclic) bond motifs is 1. The summed E-state index contributed by atoms with van der Waals surface area (Å²) in [5.41, 5.74) is 3.09. The number of aromatic nitrogens is 3. The summed E-state index contributed by atoms with van der Waals surface area (Å²) < 4.78 is 16.4. The molecule has 1 N–H and O–H groups in total. The highest BCUT2D eigenvalue weighted by atomic mass is 32.1. The van der Waals surface area contributed by atoms with E-state index in [0.717, 1.165) is 32.7 Å². The van der Waals surface area contributed by atoms with Gasteiger partial charge in [0.25, 0.3) is 0 Å². The first-order valence-electron chi connectivity index (χ1n) is 9.13. The third-order valence-electron chi connectivity index (χ3n) is 5.12. The molecule has 0 radical (unpaired) electrons. The molecule has 1 aliphatic rings. The number of benzene rings is 1. The number of anilines is 1. The minimum Gasteiger partial charge on any atom is -0.359 e. The Morgan fingerprint density at radius 1 is 1.22 bits per heavy atom. The van der Waals surface area contributed by atoms with Gasteiger partial charge < -0.3 is 9.72 Å². The van der Waals surface area contributed by atoms with Gasteiger partial charge in [-0.1, -0.05) is 29.5 Å². The van der Waals surface area contributed by atoms with Gasteiger partial charge in [0.05, 0.1) is 4.88 Å². The highest BCUT2D eigenvalue weighted by molar-refractivity contribution is 7.18. The van der Waals surface area contributed by atoms with Crippen LogP contribution < -0.4 is 5.32 Å². The predicted octanol–water partition coefficient (Wildman–Crippen LogP) is 5.47. The van der Waals surface area contributed by atoms with E-state index in [2.05, 4.69) is 22.2 Å². The third-order valence-corrected chi connectivity index (χ3v) is 6.10. The van der Waals surface area contributed by atoms with Crippen LogP contribution in [-0.4, -0.2) is 20.4 Å². The summed E-state index contributed by atoms with van der Waals surface area (Å²) in [6, 6.07) is 9.28. The lowest BCUT2D eigenvalue weighted by Gasteiger charge is -2.10. The number of pyridine rings is 1. The zero-order valence-electron chi connectivity index (χ0n) is 14.9. The maximum absolute atomic E-state index is 14.4. The molecule has 3 aromatic heterocycles. The van der Waals surface area contributed by atoms with Crippen LogP contribution in [0.2, 0.25) is 0 Å². The first-order chi connectivity index (χ1) is 13.2. The second-order valence-electron chi connectivity index (χ2n) is 7.08. The zero-order chi connectivity index (χ0) is 18.4. The van der Waals surface area contributed by atoms with E-state index < -0.39 is 0 Å². The highest BCUT2D eigenvalue weighted by Crippen LogP contribution is 2.37. The molecule has 0 bridgehead atoms. The van der Waals surface area contributed by atoms with Gasteiger partial charge in [-0.25, -0.2) is 14.4 Å². The highest BCUT2D eigenvalue weighted by Gasteiger charge is 2.28. The number of hydrogen-bond donors (Lipinski definition) is 1. The monoisotopic (exact) mass is 378 g/mol. The molecule has 1 fully saturated rings. The van der Waals surface area contributed by atoms with Crippen molar-refractivity contribution in [2.24, 2.45) is 5.92 Å². The second kappa shape index (κ2) is 6.46. The van der Waals surface area contributed by atoms with E-state index in [-0.39, 0.29) is 5.82 Å². The van der Waals surface area contributed by atoms with Crippen molar-refractivity contribution in [3.8, 4) is 21.6 Å². The number of thiazole rings is 1. The van der Waals surface area contributed by atoms with E-state index in [1.54, 1.807) is 29.7 Å². The molecular formula is C21H19FN4S.